The SMILES string of the molecule is COc1ccccc1N=Cc1ccc([N+](=O)[O-])cc1. The van der Waals surface area contributed by atoms with Gasteiger partial charge in [0.15, 0.2) is 0 Å². The molecule has 0 unspecified atom stereocenters. The topological polar surface area (TPSA) is 64.7 Å². The molecule has 0 spiro atoms. The van der Waals surface area contributed by atoms with Crippen LogP contribution in [-0.4, -0.2) is 18.2 Å². The average molecular weight is 256 g/mol. The highest BCUT2D eigenvalue weighted by Gasteiger charge is 2.03. The summed E-state index contributed by atoms with van der Waals surface area (Å²) < 4.78 is 5.18. The van der Waals surface area contributed by atoms with Gasteiger partial charge in [-0.1, -0.05) is 12.1 Å². The van der Waals surface area contributed by atoms with Crippen LogP contribution in [0.2, 0.25) is 0 Å². The molecule has 0 saturated heterocycles. The Morgan fingerprint density at radius 1 is 1.16 bits per heavy atom. The summed E-state index contributed by atoms with van der Waals surface area (Å²) >= 11 is 0. The third kappa shape index (κ3) is 3.16. The largest absolute Gasteiger partial charge is 0.494 e. The maximum atomic E-state index is 10.5. The minimum absolute atomic E-state index is 0.0643. The normalized spacial score (nSPS) is 10.6. The van der Waals surface area contributed by atoms with Gasteiger partial charge in [0.1, 0.15) is 11.4 Å². The molecule has 0 aliphatic heterocycles. The van der Waals surface area contributed by atoms with Crippen molar-refractivity contribution < 1.29 is 9.66 Å². The van der Waals surface area contributed by atoms with Crippen molar-refractivity contribution in [3.05, 3.63) is 64.2 Å². The molecule has 0 atom stereocenters. The van der Waals surface area contributed by atoms with Gasteiger partial charge in [-0.2, -0.15) is 0 Å². The summed E-state index contributed by atoms with van der Waals surface area (Å²) in [5, 5.41) is 10.5. The molecule has 5 nitrogen and oxygen atoms in total. The van der Waals surface area contributed by atoms with Gasteiger partial charge in [0.25, 0.3) is 5.69 Å². The third-order valence-corrected chi connectivity index (χ3v) is 2.54. The summed E-state index contributed by atoms with van der Waals surface area (Å²) in [6.45, 7) is 0. The summed E-state index contributed by atoms with van der Waals surface area (Å²) in [6.07, 6.45) is 1.64. The maximum Gasteiger partial charge on any atom is 0.269 e. The Morgan fingerprint density at radius 3 is 2.47 bits per heavy atom. The van der Waals surface area contributed by atoms with E-state index in [9.17, 15) is 10.1 Å². The van der Waals surface area contributed by atoms with Crippen molar-refractivity contribution in [2.24, 2.45) is 4.99 Å². The molecule has 2 aromatic rings. The number of non-ortho nitro benzene ring substituents is 1. The lowest BCUT2D eigenvalue weighted by molar-refractivity contribution is -0.384. The molecule has 2 aromatic carbocycles. The van der Waals surface area contributed by atoms with Crippen LogP contribution in [0.3, 0.4) is 0 Å². The molecule has 0 fully saturated rings. The van der Waals surface area contributed by atoms with Crippen LogP contribution in [-0.2, 0) is 0 Å². The number of ether oxygens (including phenoxy) is 1. The van der Waals surface area contributed by atoms with E-state index in [0.29, 0.717) is 11.4 Å². The third-order valence-electron chi connectivity index (χ3n) is 2.54. The number of aliphatic imine (C=N–C) groups is 1. The van der Waals surface area contributed by atoms with Gasteiger partial charge in [-0.15, -0.1) is 0 Å². The molecular weight excluding hydrogens is 244 g/mol. The van der Waals surface area contributed by atoms with Crippen LogP contribution in [0.15, 0.2) is 53.5 Å². The van der Waals surface area contributed by atoms with E-state index in [1.54, 1.807) is 25.5 Å². The van der Waals surface area contributed by atoms with Crippen molar-refractivity contribution in [1.29, 1.82) is 0 Å². The minimum atomic E-state index is -0.429. The van der Waals surface area contributed by atoms with Gasteiger partial charge in [-0.25, -0.2) is 0 Å². The van der Waals surface area contributed by atoms with E-state index in [1.807, 2.05) is 24.3 Å². The van der Waals surface area contributed by atoms with Gasteiger partial charge >= 0.3 is 0 Å². The number of nitrogens with zero attached hydrogens (tertiary/aromatic N) is 2. The maximum absolute atomic E-state index is 10.5. The molecule has 96 valence electrons. The van der Waals surface area contributed by atoms with E-state index in [2.05, 4.69) is 4.99 Å². The predicted molar refractivity (Wildman–Crippen MR) is 73.3 cm³/mol. The van der Waals surface area contributed by atoms with Gasteiger partial charge in [-0.3, -0.25) is 15.1 Å². The Kier molecular flexibility index (Phi) is 3.87. The molecule has 0 heterocycles. The van der Waals surface area contributed by atoms with Gasteiger partial charge in [0.2, 0.25) is 0 Å². The molecule has 19 heavy (non-hydrogen) atoms. The van der Waals surface area contributed by atoms with E-state index in [-0.39, 0.29) is 5.69 Å². The first-order chi connectivity index (χ1) is 9.20. The molecule has 0 aliphatic carbocycles. The molecule has 0 aliphatic rings. The Morgan fingerprint density at radius 2 is 1.84 bits per heavy atom. The Labute approximate surface area is 110 Å². The molecule has 0 amide bonds. The first kappa shape index (κ1) is 12.8. The van der Waals surface area contributed by atoms with Gasteiger partial charge in [0, 0.05) is 18.3 Å². The standard InChI is InChI=1S/C14H12N2O3/c1-19-14-5-3-2-4-13(14)15-10-11-6-8-12(9-7-11)16(17)18/h2-10H,1H3. The fourth-order valence-electron chi connectivity index (χ4n) is 1.56. The van der Waals surface area contributed by atoms with Crippen molar-refractivity contribution in [3.8, 4) is 5.75 Å². The van der Waals surface area contributed by atoms with E-state index >= 15 is 0 Å². The average Bonchev–Trinajstić information content (AvgIpc) is 2.45. The summed E-state index contributed by atoms with van der Waals surface area (Å²) in [4.78, 5) is 14.4. The number of rotatable bonds is 4. The van der Waals surface area contributed by atoms with Crippen LogP contribution in [0.4, 0.5) is 11.4 Å². The van der Waals surface area contributed by atoms with Crippen LogP contribution in [0, 0.1) is 10.1 Å². The van der Waals surface area contributed by atoms with Crippen molar-refractivity contribution in [2.45, 2.75) is 0 Å². The van der Waals surface area contributed by atoms with E-state index < -0.39 is 4.92 Å². The molecule has 0 aromatic heterocycles. The monoisotopic (exact) mass is 256 g/mol. The molecule has 0 N–H and O–H groups in total. The lowest BCUT2D eigenvalue weighted by Gasteiger charge is -2.02. The van der Waals surface area contributed by atoms with Crippen LogP contribution in [0.1, 0.15) is 5.56 Å². The van der Waals surface area contributed by atoms with Crippen LogP contribution >= 0.6 is 0 Å². The number of para-hydroxylation sites is 2. The van der Waals surface area contributed by atoms with Gasteiger partial charge in [0.05, 0.1) is 12.0 Å². The highest BCUT2D eigenvalue weighted by atomic mass is 16.6. The second-order valence-electron chi connectivity index (χ2n) is 3.78. The van der Waals surface area contributed by atoms with Crippen LogP contribution in [0.5, 0.6) is 5.75 Å². The van der Waals surface area contributed by atoms with Crippen LogP contribution < -0.4 is 4.74 Å². The van der Waals surface area contributed by atoms with E-state index in [4.69, 9.17) is 4.74 Å². The minimum Gasteiger partial charge on any atom is -0.494 e. The van der Waals surface area contributed by atoms with Crippen molar-refractivity contribution >= 4 is 17.6 Å². The number of benzene rings is 2. The number of nitro groups is 1. The molecule has 0 radical (unpaired) electrons. The fourth-order valence-corrected chi connectivity index (χ4v) is 1.56. The van der Waals surface area contributed by atoms with Crippen LogP contribution in [0.25, 0.3) is 0 Å². The summed E-state index contributed by atoms with van der Waals surface area (Å²) in [7, 11) is 1.58. The zero-order valence-corrected chi connectivity index (χ0v) is 10.3. The fraction of sp³-hybridized carbons (Fsp3) is 0.0714. The highest BCUT2D eigenvalue weighted by Crippen LogP contribution is 2.26. The van der Waals surface area contributed by atoms with E-state index in [1.165, 1.54) is 12.1 Å². The highest BCUT2D eigenvalue weighted by molar-refractivity contribution is 5.83. The lowest BCUT2D eigenvalue weighted by atomic mass is 10.2. The first-order valence-corrected chi connectivity index (χ1v) is 5.62. The lowest BCUT2D eigenvalue weighted by Crippen LogP contribution is -1.88. The number of hydrogen-bond acceptors (Lipinski definition) is 4. The summed E-state index contributed by atoms with van der Waals surface area (Å²) in [6, 6.07) is 13.6. The zero-order chi connectivity index (χ0) is 13.7. The zero-order valence-electron chi connectivity index (χ0n) is 10.3. The van der Waals surface area contributed by atoms with Crippen molar-refractivity contribution in [1.82, 2.24) is 0 Å². The molecule has 0 saturated carbocycles. The second kappa shape index (κ2) is 5.77. The Balaban J connectivity index is 2.20. The quantitative estimate of drug-likeness (QED) is 0.478. The first-order valence-electron chi connectivity index (χ1n) is 5.62. The number of hydrogen-bond donors (Lipinski definition) is 0. The molecular formula is C14H12N2O3. The smallest absolute Gasteiger partial charge is 0.269 e. The molecule has 0 bridgehead atoms. The van der Waals surface area contributed by atoms with E-state index in [0.717, 1.165) is 5.56 Å². The molecule has 2 rings (SSSR count). The Bertz CT molecular complexity index is 606. The number of methoxy groups -OCH3 is 1. The summed E-state index contributed by atoms with van der Waals surface area (Å²) in [5.74, 6) is 0.681. The van der Waals surface area contributed by atoms with Crippen molar-refractivity contribution in [2.75, 3.05) is 7.11 Å². The summed E-state index contributed by atoms with van der Waals surface area (Å²) in [5.41, 5.74) is 1.56. The Hall–Kier alpha value is -2.69. The van der Waals surface area contributed by atoms with Gasteiger partial charge < -0.3 is 4.74 Å². The predicted octanol–water partition coefficient (Wildman–Crippen LogP) is 3.35. The molecule has 5 heteroatoms. The van der Waals surface area contributed by atoms with Crippen molar-refractivity contribution in [3.63, 3.8) is 0 Å². The second-order valence-corrected chi connectivity index (χ2v) is 3.78. The van der Waals surface area contributed by atoms with Gasteiger partial charge in [-0.05, 0) is 29.8 Å². The number of nitro benzene ring substituents is 1.